The number of nitrogen functional groups attached to an aromatic ring is 1. The van der Waals surface area contributed by atoms with Crippen LogP contribution in [0.5, 0.6) is 0 Å². The molecular weight excluding hydrogens is 261 g/mol. The van der Waals surface area contributed by atoms with Gasteiger partial charge in [0, 0.05) is 11.3 Å². The fraction of sp³-hybridized carbons (Fsp3) is 0.0833. The van der Waals surface area contributed by atoms with Gasteiger partial charge in [-0.3, -0.25) is 4.79 Å². The molecule has 1 aromatic carbocycles. The first-order valence-corrected chi connectivity index (χ1v) is 6.04. The molecule has 0 aliphatic rings. The summed E-state index contributed by atoms with van der Waals surface area (Å²) in [4.78, 5) is 12.6. The Kier molecular flexibility index (Phi) is 3.17. The molecule has 0 fully saturated rings. The van der Waals surface area contributed by atoms with Gasteiger partial charge in [0.2, 0.25) is 5.78 Å². The Morgan fingerprint density at radius 2 is 2.12 bits per heavy atom. The molecule has 2 rings (SSSR count). The predicted octanol–water partition coefficient (Wildman–Crippen LogP) is 3.66. The largest absolute Gasteiger partial charge is 0.398 e. The van der Waals surface area contributed by atoms with Crippen molar-refractivity contribution in [3.63, 3.8) is 0 Å². The van der Waals surface area contributed by atoms with Gasteiger partial charge in [-0.2, -0.15) is 0 Å². The van der Waals surface area contributed by atoms with Crippen molar-refractivity contribution in [2.24, 2.45) is 0 Å². The molecule has 0 spiro atoms. The number of nitrogens with two attached hydrogens (primary N) is 1. The summed E-state index contributed by atoms with van der Waals surface area (Å²) >= 11 is 7.06. The molecule has 0 unspecified atom stereocenters. The monoisotopic (exact) mass is 269 g/mol. The quantitative estimate of drug-likeness (QED) is 0.668. The van der Waals surface area contributed by atoms with Gasteiger partial charge in [-0.1, -0.05) is 11.6 Å². The molecule has 2 aromatic rings. The van der Waals surface area contributed by atoms with Gasteiger partial charge in [0.25, 0.3) is 0 Å². The molecule has 1 aromatic heterocycles. The number of benzene rings is 1. The lowest BCUT2D eigenvalue weighted by Gasteiger charge is -2.02. The van der Waals surface area contributed by atoms with E-state index >= 15 is 0 Å². The van der Waals surface area contributed by atoms with Crippen molar-refractivity contribution in [2.45, 2.75) is 6.92 Å². The van der Waals surface area contributed by atoms with Gasteiger partial charge in [0.05, 0.1) is 9.21 Å². The first-order valence-electron chi connectivity index (χ1n) is 4.84. The number of carbonyl (C=O) groups is 1. The standard InChI is InChI=1S/C12H9ClFNOS/c1-6-4-10(17-12(6)13)11(16)8-5-7(14)2-3-9(8)15/h2-5H,15H2,1H3. The van der Waals surface area contributed by atoms with Gasteiger partial charge in [-0.15, -0.1) is 11.3 Å². The summed E-state index contributed by atoms with van der Waals surface area (Å²) in [7, 11) is 0. The Morgan fingerprint density at radius 1 is 1.41 bits per heavy atom. The Balaban J connectivity index is 2.47. The number of anilines is 1. The molecule has 0 amide bonds. The Hall–Kier alpha value is -1.39. The Labute approximate surface area is 107 Å². The molecule has 0 saturated heterocycles. The van der Waals surface area contributed by atoms with E-state index in [1.54, 1.807) is 6.07 Å². The smallest absolute Gasteiger partial charge is 0.205 e. The van der Waals surface area contributed by atoms with E-state index in [9.17, 15) is 9.18 Å². The summed E-state index contributed by atoms with van der Waals surface area (Å²) < 4.78 is 13.6. The zero-order valence-electron chi connectivity index (χ0n) is 8.96. The van der Waals surface area contributed by atoms with Crippen LogP contribution in [0.1, 0.15) is 20.8 Å². The highest BCUT2D eigenvalue weighted by Gasteiger charge is 2.16. The van der Waals surface area contributed by atoms with Crippen molar-refractivity contribution in [1.29, 1.82) is 0 Å². The third kappa shape index (κ3) is 2.33. The minimum atomic E-state index is -0.484. The van der Waals surface area contributed by atoms with Crippen LogP contribution < -0.4 is 5.73 Å². The Bertz CT molecular complexity index is 575. The highest BCUT2D eigenvalue weighted by Crippen LogP contribution is 2.29. The summed E-state index contributed by atoms with van der Waals surface area (Å²) in [5.41, 5.74) is 6.92. The molecule has 0 aliphatic heterocycles. The average molecular weight is 270 g/mol. The van der Waals surface area contributed by atoms with Crippen molar-refractivity contribution in [3.8, 4) is 0 Å². The molecular formula is C12H9ClFNOS. The van der Waals surface area contributed by atoms with E-state index in [0.717, 1.165) is 11.6 Å². The van der Waals surface area contributed by atoms with Crippen LogP contribution in [-0.2, 0) is 0 Å². The van der Waals surface area contributed by atoms with Crippen LogP contribution in [0.25, 0.3) is 0 Å². The number of halogens is 2. The molecule has 88 valence electrons. The average Bonchev–Trinajstić information content (AvgIpc) is 2.62. The molecule has 0 radical (unpaired) electrons. The molecule has 0 atom stereocenters. The number of thiophene rings is 1. The van der Waals surface area contributed by atoms with Crippen LogP contribution in [0.15, 0.2) is 24.3 Å². The van der Waals surface area contributed by atoms with Gasteiger partial charge in [0.1, 0.15) is 5.82 Å². The predicted molar refractivity (Wildman–Crippen MR) is 68.3 cm³/mol. The van der Waals surface area contributed by atoms with Crippen molar-refractivity contribution >= 4 is 34.4 Å². The number of aryl methyl sites for hydroxylation is 1. The van der Waals surface area contributed by atoms with Crippen LogP contribution >= 0.6 is 22.9 Å². The fourth-order valence-corrected chi connectivity index (χ4v) is 2.58. The van der Waals surface area contributed by atoms with E-state index in [1.165, 1.54) is 23.5 Å². The normalized spacial score (nSPS) is 10.5. The number of hydrogen-bond acceptors (Lipinski definition) is 3. The van der Waals surface area contributed by atoms with Crippen molar-refractivity contribution < 1.29 is 9.18 Å². The van der Waals surface area contributed by atoms with Crippen LogP contribution in [0, 0.1) is 12.7 Å². The summed E-state index contributed by atoms with van der Waals surface area (Å²) in [5, 5.41) is 0. The third-order valence-electron chi connectivity index (χ3n) is 2.34. The molecule has 2 N–H and O–H groups in total. The van der Waals surface area contributed by atoms with E-state index in [0.29, 0.717) is 9.21 Å². The van der Waals surface area contributed by atoms with E-state index < -0.39 is 5.82 Å². The molecule has 0 aliphatic carbocycles. The molecule has 17 heavy (non-hydrogen) atoms. The maximum atomic E-state index is 13.1. The lowest BCUT2D eigenvalue weighted by Crippen LogP contribution is -2.04. The lowest BCUT2D eigenvalue weighted by molar-refractivity contribution is 0.104. The van der Waals surface area contributed by atoms with Crippen LogP contribution in [0.3, 0.4) is 0 Å². The number of rotatable bonds is 2. The van der Waals surface area contributed by atoms with Crippen molar-refractivity contribution in [1.82, 2.24) is 0 Å². The van der Waals surface area contributed by atoms with E-state index in [1.807, 2.05) is 6.92 Å². The maximum absolute atomic E-state index is 13.1. The topological polar surface area (TPSA) is 43.1 Å². The first kappa shape index (κ1) is 12.1. The Morgan fingerprint density at radius 3 is 2.71 bits per heavy atom. The van der Waals surface area contributed by atoms with E-state index in [-0.39, 0.29) is 17.0 Å². The summed E-state index contributed by atoms with van der Waals surface area (Å²) in [6, 6.07) is 5.42. The second-order valence-electron chi connectivity index (χ2n) is 3.63. The SMILES string of the molecule is Cc1cc(C(=O)c2cc(F)ccc2N)sc1Cl. The van der Waals surface area contributed by atoms with Gasteiger partial charge >= 0.3 is 0 Å². The summed E-state index contributed by atoms with van der Waals surface area (Å²) in [6.45, 7) is 1.81. The van der Waals surface area contributed by atoms with Gasteiger partial charge in [-0.25, -0.2) is 4.39 Å². The zero-order chi connectivity index (χ0) is 12.6. The fourth-order valence-electron chi connectivity index (χ4n) is 1.43. The van der Waals surface area contributed by atoms with Gasteiger partial charge < -0.3 is 5.73 Å². The summed E-state index contributed by atoms with van der Waals surface area (Å²) in [6.07, 6.45) is 0. The second kappa shape index (κ2) is 4.47. The number of carbonyl (C=O) groups excluding carboxylic acids is 1. The molecule has 0 bridgehead atoms. The second-order valence-corrected chi connectivity index (χ2v) is 5.28. The minimum Gasteiger partial charge on any atom is -0.398 e. The molecule has 0 saturated carbocycles. The summed E-state index contributed by atoms with van der Waals surface area (Å²) in [5.74, 6) is -0.788. The molecule has 2 nitrogen and oxygen atoms in total. The highest BCUT2D eigenvalue weighted by molar-refractivity contribution is 7.18. The zero-order valence-corrected chi connectivity index (χ0v) is 10.5. The maximum Gasteiger partial charge on any atom is 0.205 e. The van der Waals surface area contributed by atoms with Crippen molar-refractivity contribution in [3.05, 3.63) is 50.4 Å². The van der Waals surface area contributed by atoms with E-state index in [4.69, 9.17) is 17.3 Å². The molecule has 5 heteroatoms. The van der Waals surface area contributed by atoms with Crippen LogP contribution in [-0.4, -0.2) is 5.78 Å². The highest BCUT2D eigenvalue weighted by atomic mass is 35.5. The van der Waals surface area contributed by atoms with Gasteiger partial charge in [0.15, 0.2) is 0 Å². The number of ketones is 1. The lowest BCUT2D eigenvalue weighted by atomic mass is 10.1. The number of hydrogen-bond donors (Lipinski definition) is 1. The third-order valence-corrected chi connectivity index (χ3v) is 3.89. The van der Waals surface area contributed by atoms with Crippen LogP contribution in [0.2, 0.25) is 4.34 Å². The molecule has 1 heterocycles. The van der Waals surface area contributed by atoms with Gasteiger partial charge in [-0.05, 0) is 36.8 Å². The van der Waals surface area contributed by atoms with Crippen LogP contribution in [0.4, 0.5) is 10.1 Å². The van der Waals surface area contributed by atoms with Crippen molar-refractivity contribution in [2.75, 3.05) is 5.73 Å². The van der Waals surface area contributed by atoms with E-state index in [2.05, 4.69) is 0 Å². The minimum absolute atomic E-state index is 0.169. The first-order chi connectivity index (χ1) is 7.99.